The first kappa shape index (κ1) is 11.3. The number of methoxy groups -OCH3 is 1. The van der Waals surface area contributed by atoms with Gasteiger partial charge in [0.25, 0.3) is 0 Å². The molecule has 0 atom stereocenters. The molecule has 1 aromatic carbocycles. The Bertz CT molecular complexity index is 376. The van der Waals surface area contributed by atoms with Crippen LogP contribution in [-0.4, -0.2) is 24.8 Å². The highest BCUT2D eigenvalue weighted by Crippen LogP contribution is 2.32. The van der Waals surface area contributed by atoms with Gasteiger partial charge in [-0.1, -0.05) is 0 Å². The molecule has 0 saturated carbocycles. The molecule has 5 heteroatoms. The highest BCUT2D eigenvalue weighted by molar-refractivity contribution is 5.92. The predicted octanol–water partition coefficient (Wildman–Crippen LogP) is 1.93. The number of benzene rings is 1. The zero-order chi connectivity index (χ0) is 11.4. The molecule has 0 unspecified atom stereocenters. The summed E-state index contributed by atoms with van der Waals surface area (Å²) in [4.78, 5) is 10.8. The molecule has 0 aliphatic heterocycles. The number of ether oxygens (including phenoxy) is 2. The lowest BCUT2D eigenvalue weighted by Crippen LogP contribution is -2.05. The molecule has 0 aromatic heterocycles. The molecule has 0 aliphatic carbocycles. The van der Waals surface area contributed by atoms with Gasteiger partial charge in [-0.25, -0.2) is 9.18 Å². The van der Waals surface area contributed by atoms with Crippen LogP contribution in [-0.2, 0) is 0 Å². The van der Waals surface area contributed by atoms with E-state index in [-0.39, 0.29) is 23.7 Å². The maximum absolute atomic E-state index is 13.0. The predicted molar refractivity (Wildman–Crippen MR) is 51.1 cm³/mol. The molecule has 0 bridgehead atoms. The van der Waals surface area contributed by atoms with Gasteiger partial charge in [0.1, 0.15) is 11.4 Å². The second-order valence-electron chi connectivity index (χ2n) is 2.72. The minimum Gasteiger partial charge on any atom is -0.493 e. The summed E-state index contributed by atoms with van der Waals surface area (Å²) in [6.07, 6.45) is 0. The molecule has 0 amide bonds. The van der Waals surface area contributed by atoms with Crippen molar-refractivity contribution in [2.75, 3.05) is 13.7 Å². The van der Waals surface area contributed by atoms with E-state index < -0.39 is 11.8 Å². The molecule has 0 heterocycles. The molecule has 0 saturated heterocycles. The van der Waals surface area contributed by atoms with Crippen LogP contribution in [0, 0.1) is 5.82 Å². The minimum absolute atomic E-state index is 0.0499. The summed E-state index contributed by atoms with van der Waals surface area (Å²) in [5.74, 6) is -1.80. The third-order valence-electron chi connectivity index (χ3n) is 1.76. The number of halogens is 1. The molecule has 1 N–H and O–H groups in total. The number of hydrogen-bond donors (Lipinski definition) is 1. The average molecular weight is 214 g/mol. The number of carbonyl (C=O) groups is 1. The molecular formula is C10H11FO4. The van der Waals surface area contributed by atoms with Crippen LogP contribution in [0.3, 0.4) is 0 Å². The van der Waals surface area contributed by atoms with Crippen molar-refractivity contribution >= 4 is 5.97 Å². The number of carboxylic acids is 1. The molecule has 4 nitrogen and oxygen atoms in total. The Hall–Kier alpha value is -1.78. The summed E-state index contributed by atoms with van der Waals surface area (Å²) in [6.45, 7) is 1.98. The fourth-order valence-corrected chi connectivity index (χ4v) is 1.17. The van der Waals surface area contributed by atoms with Gasteiger partial charge in [-0.05, 0) is 13.0 Å². The fourth-order valence-electron chi connectivity index (χ4n) is 1.17. The summed E-state index contributed by atoms with van der Waals surface area (Å²) in [5, 5.41) is 8.83. The molecule has 82 valence electrons. The Balaban J connectivity index is 3.33. The van der Waals surface area contributed by atoms with Crippen LogP contribution >= 0.6 is 0 Å². The Kier molecular flexibility index (Phi) is 3.49. The van der Waals surface area contributed by atoms with Crippen molar-refractivity contribution in [3.8, 4) is 11.5 Å². The minimum atomic E-state index is -1.25. The van der Waals surface area contributed by atoms with Crippen molar-refractivity contribution in [1.82, 2.24) is 0 Å². The second-order valence-corrected chi connectivity index (χ2v) is 2.72. The molecule has 0 radical (unpaired) electrons. The van der Waals surface area contributed by atoms with Crippen molar-refractivity contribution in [2.45, 2.75) is 6.92 Å². The molecule has 0 aliphatic rings. The van der Waals surface area contributed by atoms with E-state index >= 15 is 0 Å². The average Bonchev–Trinajstić information content (AvgIpc) is 2.19. The van der Waals surface area contributed by atoms with E-state index in [2.05, 4.69) is 0 Å². The molecular weight excluding hydrogens is 203 g/mol. The summed E-state index contributed by atoms with van der Waals surface area (Å²) < 4.78 is 22.9. The first-order chi connectivity index (χ1) is 7.10. The van der Waals surface area contributed by atoms with Crippen LogP contribution < -0.4 is 9.47 Å². The number of carboxylic acid groups (broad SMARTS) is 1. The van der Waals surface area contributed by atoms with Crippen LogP contribution in [0.2, 0.25) is 0 Å². The van der Waals surface area contributed by atoms with Crippen molar-refractivity contribution in [1.29, 1.82) is 0 Å². The number of rotatable bonds is 4. The second kappa shape index (κ2) is 4.63. The van der Waals surface area contributed by atoms with Crippen molar-refractivity contribution < 1.29 is 23.8 Å². The van der Waals surface area contributed by atoms with E-state index in [4.69, 9.17) is 14.6 Å². The van der Waals surface area contributed by atoms with Crippen LogP contribution in [0.1, 0.15) is 17.3 Å². The molecule has 0 spiro atoms. The van der Waals surface area contributed by atoms with Gasteiger partial charge in [-0.3, -0.25) is 0 Å². The van der Waals surface area contributed by atoms with Gasteiger partial charge in [0, 0.05) is 6.07 Å². The Morgan fingerprint density at radius 1 is 1.53 bits per heavy atom. The van der Waals surface area contributed by atoms with Gasteiger partial charge >= 0.3 is 5.97 Å². The SMILES string of the molecule is CCOc1c(OC)cc(F)cc1C(=O)O. The topological polar surface area (TPSA) is 55.8 Å². The van der Waals surface area contributed by atoms with E-state index in [1.807, 2.05) is 0 Å². The maximum Gasteiger partial charge on any atom is 0.339 e. The summed E-state index contributed by atoms with van der Waals surface area (Å²) >= 11 is 0. The third kappa shape index (κ3) is 2.37. The van der Waals surface area contributed by atoms with Gasteiger partial charge < -0.3 is 14.6 Å². The Morgan fingerprint density at radius 2 is 2.20 bits per heavy atom. The summed E-state index contributed by atoms with van der Waals surface area (Å²) in [6, 6.07) is 1.98. The first-order valence-corrected chi connectivity index (χ1v) is 4.33. The zero-order valence-electron chi connectivity index (χ0n) is 8.41. The monoisotopic (exact) mass is 214 g/mol. The highest BCUT2D eigenvalue weighted by Gasteiger charge is 2.18. The normalized spacial score (nSPS) is 9.80. The fraction of sp³-hybridized carbons (Fsp3) is 0.300. The van der Waals surface area contributed by atoms with E-state index in [0.29, 0.717) is 0 Å². The van der Waals surface area contributed by atoms with E-state index in [9.17, 15) is 9.18 Å². The van der Waals surface area contributed by atoms with E-state index in [0.717, 1.165) is 12.1 Å². The maximum atomic E-state index is 13.0. The third-order valence-corrected chi connectivity index (χ3v) is 1.76. The van der Waals surface area contributed by atoms with Crippen molar-refractivity contribution in [2.24, 2.45) is 0 Å². The van der Waals surface area contributed by atoms with Gasteiger partial charge in [0.2, 0.25) is 0 Å². The largest absolute Gasteiger partial charge is 0.493 e. The lowest BCUT2D eigenvalue weighted by molar-refractivity contribution is 0.0691. The van der Waals surface area contributed by atoms with Gasteiger partial charge in [0.15, 0.2) is 11.5 Å². The highest BCUT2D eigenvalue weighted by atomic mass is 19.1. The molecule has 15 heavy (non-hydrogen) atoms. The summed E-state index contributed by atoms with van der Waals surface area (Å²) in [7, 11) is 1.32. The quantitative estimate of drug-likeness (QED) is 0.832. The van der Waals surface area contributed by atoms with Gasteiger partial charge in [-0.2, -0.15) is 0 Å². The Labute approximate surface area is 86.2 Å². The van der Waals surface area contributed by atoms with Gasteiger partial charge in [-0.15, -0.1) is 0 Å². The molecule has 1 aromatic rings. The lowest BCUT2D eigenvalue weighted by atomic mass is 10.2. The van der Waals surface area contributed by atoms with Crippen LogP contribution in [0.5, 0.6) is 11.5 Å². The molecule has 1 rings (SSSR count). The standard InChI is InChI=1S/C10H11FO4/c1-3-15-9-7(10(12)13)4-6(11)5-8(9)14-2/h4-5H,3H2,1-2H3,(H,12,13). The van der Waals surface area contributed by atoms with E-state index in [1.165, 1.54) is 7.11 Å². The lowest BCUT2D eigenvalue weighted by Gasteiger charge is -2.11. The first-order valence-electron chi connectivity index (χ1n) is 4.33. The number of hydrogen-bond acceptors (Lipinski definition) is 3. The molecule has 0 fully saturated rings. The van der Waals surface area contributed by atoms with Crippen LogP contribution in [0.4, 0.5) is 4.39 Å². The van der Waals surface area contributed by atoms with Crippen molar-refractivity contribution in [3.05, 3.63) is 23.5 Å². The van der Waals surface area contributed by atoms with Crippen LogP contribution in [0.15, 0.2) is 12.1 Å². The summed E-state index contributed by atoms with van der Waals surface area (Å²) in [5.41, 5.74) is -0.242. The zero-order valence-corrected chi connectivity index (χ0v) is 8.41. The van der Waals surface area contributed by atoms with Crippen LogP contribution in [0.25, 0.3) is 0 Å². The smallest absolute Gasteiger partial charge is 0.339 e. The van der Waals surface area contributed by atoms with E-state index in [1.54, 1.807) is 6.92 Å². The van der Waals surface area contributed by atoms with Gasteiger partial charge in [0.05, 0.1) is 13.7 Å². The van der Waals surface area contributed by atoms with Crippen molar-refractivity contribution in [3.63, 3.8) is 0 Å². The Morgan fingerprint density at radius 3 is 2.67 bits per heavy atom. The number of aromatic carboxylic acids is 1.